The maximum Gasteiger partial charge on any atom is 0.261 e. The zero-order chi connectivity index (χ0) is 16.2. The first kappa shape index (κ1) is 15.2. The van der Waals surface area contributed by atoms with Gasteiger partial charge < -0.3 is 9.84 Å². The fourth-order valence-corrected chi connectivity index (χ4v) is 2.26. The average molecular weight is 314 g/mol. The second-order valence-corrected chi connectivity index (χ2v) is 5.11. The molecule has 0 saturated heterocycles. The Bertz CT molecular complexity index is 879. The molecular weight excluding hydrogens is 299 g/mol. The van der Waals surface area contributed by atoms with Crippen LogP contribution in [-0.4, -0.2) is 27.4 Å². The fraction of sp³-hybridized carbons (Fsp3) is 0.176. The number of hydrogen-bond donors (Lipinski definition) is 1. The summed E-state index contributed by atoms with van der Waals surface area (Å²) in [5.41, 5.74) is 0.367. The lowest BCUT2D eigenvalue weighted by atomic mass is 10.2. The number of para-hydroxylation sites is 2. The number of ether oxygens (including phenoxy) is 1. The Morgan fingerprint density at radius 1 is 1.17 bits per heavy atom. The third-order valence-electron chi connectivity index (χ3n) is 3.41. The van der Waals surface area contributed by atoms with E-state index in [1.807, 2.05) is 0 Å². The van der Waals surface area contributed by atoms with Gasteiger partial charge in [0.15, 0.2) is 11.6 Å². The van der Waals surface area contributed by atoms with Crippen molar-refractivity contribution in [2.24, 2.45) is 0 Å². The van der Waals surface area contributed by atoms with Crippen LogP contribution in [0.1, 0.15) is 0 Å². The van der Waals surface area contributed by atoms with Crippen LogP contribution in [0.15, 0.2) is 59.7 Å². The first-order valence-electron chi connectivity index (χ1n) is 7.15. The van der Waals surface area contributed by atoms with E-state index in [4.69, 9.17) is 4.74 Å². The normalized spacial score (nSPS) is 12.3. The summed E-state index contributed by atoms with van der Waals surface area (Å²) in [6.45, 7) is -0.106. The Morgan fingerprint density at radius 2 is 1.91 bits per heavy atom. The molecule has 0 aliphatic carbocycles. The van der Waals surface area contributed by atoms with Crippen LogP contribution in [-0.2, 0) is 6.54 Å². The van der Waals surface area contributed by atoms with E-state index in [0.717, 1.165) is 0 Å². The molecule has 23 heavy (non-hydrogen) atoms. The third-order valence-corrected chi connectivity index (χ3v) is 3.41. The van der Waals surface area contributed by atoms with Crippen LogP contribution in [0.3, 0.4) is 0 Å². The molecule has 2 aromatic carbocycles. The summed E-state index contributed by atoms with van der Waals surface area (Å²) in [7, 11) is 0. The Kier molecular flexibility index (Phi) is 4.34. The van der Waals surface area contributed by atoms with Crippen LogP contribution in [0.25, 0.3) is 10.9 Å². The Morgan fingerprint density at radius 3 is 2.74 bits per heavy atom. The molecule has 118 valence electrons. The maximum absolute atomic E-state index is 13.4. The van der Waals surface area contributed by atoms with Gasteiger partial charge in [-0.2, -0.15) is 0 Å². The lowest BCUT2D eigenvalue weighted by Crippen LogP contribution is -2.30. The molecular formula is C17H15FN2O3. The maximum atomic E-state index is 13.4. The van der Waals surface area contributed by atoms with E-state index in [2.05, 4.69) is 4.98 Å². The quantitative estimate of drug-likeness (QED) is 0.782. The molecule has 0 amide bonds. The van der Waals surface area contributed by atoms with Gasteiger partial charge in [-0.25, -0.2) is 9.37 Å². The van der Waals surface area contributed by atoms with Crippen molar-refractivity contribution in [3.05, 3.63) is 71.0 Å². The first-order chi connectivity index (χ1) is 11.1. The highest BCUT2D eigenvalue weighted by molar-refractivity contribution is 5.76. The number of nitrogens with zero attached hydrogens (tertiary/aromatic N) is 2. The predicted molar refractivity (Wildman–Crippen MR) is 83.9 cm³/mol. The van der Waals surface area contributed by atoms with Gasteiger partial charge in [-0.1, -0.05) is 24.3 Å². The molecule has 1 unspecified atom stereocenters. The zero-order valence-corrected chi connectivity index (χ0v) is 12.2. The average Bonchev–Trinajstić information content (AvgIpc) is 2.57. The molecule has 1 aromatic heterocycles. The van der Waals surface area contributed by atoms with Gasteiger partial charge in [0, 0.05) is 0 Å². The van der Waals surface area contributed by atoms with Crippen LogP contribution in [0.5, 0.6) is 5.75 Å². The summed E-state index contributed by atoms with van der Waals surface area (Å²) >= 11 is 0. The van der Waals surface area contributed by atoms with Gasteiger partial charge in [-0.05, 0) is 24.3 Å². The molecule has 0 spiro atoms. The molecule has 0 fully saturated rings. The van der Waals surface area contributed by atoms with Crippen LogP contribution in [0.2, 0.25) is 0 Å². The predicted octanol–water partition coefficient (Wildman–Crippen LogP) is 1.98. The molecule has 1 atom stereocenters. The van der Waals surface area contributed by atoms with Crippen LogP contribution >= 0.6 is 0 Å². The first-order valence-corrected chi connectivity index (χ1v) is 7.15. The number of fused-ring (bicyclic) bond motifs is 1. The van der Waals surface area contributed by atoms with E-state index in [9.17, 15) is 14.3 Å². The van der Waals surface area contributed by atoms with E-state index in [1.165, 1.54) is 23.0 Å². The summed E-state index contributed by atoms with van der Waals surface area (Å²) in [6, 6.07) is 12.9. The van der Waals surface area contributed by atoms with E-state index in [-0.39, 0.29) is 24.5 Å². The van der Waals surface area contributed by atoms with Crippen molar-refractivity contribution < 1.29 is 14.2 Å². The smallest absolute Gasteiger partial charge is 0.261 e. The lowest BCUT2D eigenvalue weighted by Gasteiger charge is -2.14. The van der Waals surface area contributed by atoms with Gasteiger partial charge in [-0.15, -0.1) is 0 Å². The number of rotatable bonds is 5. The summed E-state index contributed by atoms with van der Waals surface area (Å²) in [4.78, 5) is 16.5. The van der Waals surface area contributed by atoms with Gasteiger partial charge in [0.05, 0.1) is 23.8 Å². The van der Waals surface area contributed by atoms with Crippen molar-refractivity contribution in [1.82, 2.24) is 9.55 Å². The summed E-state index contributed by atoms with van der Waals surface area (Å²) in [5, 5.41) is 10.5. The molecule has 3 rings (SSSR count). The second kappa shape index (κ2) is 6.58. The highest BCUT2D eigenvalue weighted by Gasteiger charge is 2.11. The topological polar surface area (TPSA) is 64.4 Å². The van der Waals surface area contributed by atoms with Crippen molar-refractivity contribution in [1.29, 1.82) is 0 Å². The number of benzene rings is 2. The minimum atomic E-state index is -0.963. The van der Waals surface area contributed by atoms with Crippen molar-refractivity contribution in [3.8, 4) is 5.75 Å². The molecule has 3 aromatic rings. The van der Waals surface area contributed by atoms with Crippen molar-refractivity contribution in [3.63, 3.8) is 0 Å². The van der Waals surface area contributed by atoms with Gasteiger partial charge in [-0.3, -0.25) is 9.36 Å². The van der Waals surface area contributed by atoms with Gasteiger partial charge in [0.2, 0.25) is 0 Å². The number of halogens is 1. The zero-order valence-electron chi connectivity index (χ0n) is 12.2. The van der Waals surface area contributed by atoms with Crippen molar-refractivity contribution in [2.75, 3.05) is 6.61 Å². The van der Waals surface area contributed by atoms with E-state index < -0.39 is 11.9 Å². The number of aliphatic hydroxyl groups excluding tert-OH is 1. The highest BCUT2D eigenvalue weighted by Crippen LogP contribution is 2.15. The third kappa shape index (κ3) is 3.37. The summed E-state index contributed by atoms with van der Waals surface area (Å²) < 4.78 is 20.0. The van der Waals surface area contributed by atoms with Gasteiger partial charge in [0.1, 0.15) is 12.7 Å². The van der Waals surface area contributed by atoms with E-state index in [0.29, 0.717) is 10.9 Å². The lowest BCUT2D eigenvalue weighted by molar-refractivity contribution is 0.0895. The van der Waals surface area contributed by atoms with Crippen molar-refractivity contribution in [2.45, 2.75) is 12.6 Å². The molecule has 1 N–H and O–H groups in total. The largest absolute Gasteiger partial charge is 0.488 e. The molecule has 0 radical (unpaired) electrons. The Balaban J connectivity index is 1.71. The minimum absolute atomic E-state index is 0.0190. The van der Waals surface area contributed by atoms with E-state index in [1.54, 1.807) is 36.4 Å². The molecule has 6 heteroatoms. The van der Waals surface area contributed by atoms with Gasteiger partial charge >= 0.3 is 0 Å². The number of aliphatic hydroxyl groups is 1. The molecule has 0 bridgehead atoms. The van der Waals surface area contributed by atoms with Crippen LogP contribution in [0.4, 0.5) is 4.39 Å². The van der Waals surface area contributed by atoms with Crippen LogP contribution in [0, 0.1) is 5.82 Å². The monoisotopic (exact) mass is 314 g/mol. The van der Waals surface area contributed by atoms with Crippen LogP contribution < -0.4 is 10.3 Å². The van der Waals surface area contributed by atoms with Gasteiger partial charge in [0.25, 0.3) is 5.56 Å². The number of hydrogen-bond acceptors (Lipinski definition) is 4. The standard InChI is InChI=1S/C17H15FN2O3/c18-14-6-2-4-8-16(14)23-10-12(21)9-20-11-19-15-7-3-1-5-13(15)17(20)22/h1-8,11-12,21H,9-10H2. The fourth-order valence-electron chi connectivity index (χ4n) is 2.26. The molecule has 1 heterocycles. The summed E-state index contributed by atoms with van der Waals surface area (Å²) in [6.07, 6.45) is 0.423. The Hall–Kier alpha value is -2.73. The second-order valence-electron chi connectivity index (χ2n) is 5.11. The molecule has 0 saturated carbocycles. The SMILES string of the molecule is O=c1c2ccccc2ncn1CC(O)COc1ccccc1F. The Labute approximate surface area is 131 Å². The van der Waals surface area contributed by atoms with E-state index >= 15 is 0 Å². The molecule has 0 aliphatic rings. The highest BCUT2D eigenvalue weighted by atomic mass is 19.1. The summed E-state index contributed by atoms with van der Waals surface area (Å²) in [5.74, 6) is -0.431. The van der Waals surface area contributed by atoms with Crippen molar-refractivity contribution >= 4 is 10.9 Å². The molecule has 5 nitrogen and oxygen atoms in total. The molecule has 0 aliphatic heterocycles. The minimum Gasteiger partial charge on any atom is -0.488 e. The number of aromatic nitrogens is 2.